The van der Waals surface area contributed by atoms with Crippen LogP contribution in [0.5, 0.6) is 0 Å². The molecule has 1 aliphatic heterocycles. The molecule has 0 aliphatic carbocycles. The molecule has 1 heterocycles. The van der Waals surface area contributed by atoms with Gasteiger partial charge in [-0.25, -0.2) is 4.79 Å². The summed E-state index contributed by atoms with van der Waals surface area (Å²) in [5, 5.41) is 11.6. The first kappa shape index (κ1) is 14.8. The Morgan fingerprint density at radius 2 is 2.28 bits per heavy atom. The van der Waals surface area contributed by atoms with Crippen LogP contribution in [0.2, 0.25) is 0 Å². The molecule has 2 amide bonds. The average Bonchev–Trinajstić information content (AvgIpc) is 2.58. The Labute approximate surface area is 111 Å². The van der Waals surface area contributed by atoms with Crippen LogP contribution in [0, 0.1) is 0 Å². The van der Waals surface area contributed by atoms with Crippen molar-refractivity contribution in [2.24, 2.45) is 0 Å². The van der Waals surface area contributed by atoms with Crippen molar-refractivity contribution in [2.45, 2.75) is 37.5 Å². The van der Waals surface area contributed by atoms with E-state index in [1.54, 1.807) is 6.92 Å². The summed E-state index contributed by atoms with van der Waals surface area (Å²) in [4.78, 5) is 35.4. The number of thiol groups is 1. The lowest BCUT2D eigenvalue weighted by atomic mass is 10.1. The first-order valence-corrected chi connectivity index (χ1v) is 6.44. The molecule has 2 atom stereocenters. The van der Waals surface area contributed by atoms with Crippen LogP contribution in [0.4, 0.5) is 0 Å². The predicted molar refractivity (Wildman–Crippen MR) is 68.4 cm³/mol. The fraction of sp³-hybridized carbons (Fsp3) is 0.727. The number of nitrogens with zero attached hydrogens (tertiary/aromatic N) is 1. The topological polar surface area (TPSA) is 86.7 Å². The van der Waals surface area contributed by atoms with Crippen molar-refractivity contribution in [3.05, 3.63) is 0 Å². The normalized spacial score (nSPS) is 20.9. The van der Waals surface area contributed by atoms with Gasteiger partial charge in [-0.3, -0.25) is 9.59 Å². The number of nitrogens with one attached hydrogen (secondary N) is 1. The van der Waals surface area contributed by atoms with Gasteiger partial charge in [0.25, 0.3) is 0 Å². The van der Waals surface area contributed by atoms with Crippen LogP contribution in [0.15, 0.2) is 0 Å². The monoisotopic (exact) mass is 274 g/mol. The number of hydrogen-bond acceptors (Lipinski definition) is 4. The third-order valence-electron chi connectivity index (χ3n) is 2.82. The molecule has 1 unspecified atom stereocenters. The summed E-state index contributed by atoms with van der Waals surface area (Å²) in [5.74, 6) is -1.48. The minimum atomic E-state index is -1.07. The van der Waals surface area contributed by atoms with Gasteiger partial charge in [0.05, 0.1) is 0 Å². The minimum Gasteiger partial charge on any atom is -0.480 e. The van der Waals surface area contributed by atoms with Gasteiger partial charge in [0.2, 0.25) is 11.8 Å². The Bertz CT molecular complexity index is 348. The lowest BCUT2D eigenvalue weighted by Gasteiger charge is -2.24. The molecule has 1 saturated heterocycles. The number of hydrogen-bond donors (Lipinski definition) is 3. The van der Waals surface area contributed by atoms with Crippen molar-refractivity contribution in [1.29, 1.82) is 0 Å². The second-order valence-electron chi connectivity index (χ2n) is 4.25. The lowest BCUT2D eigenvalue weighted by molar-refractivity contribution is -0.148. The van der Waals surface area contributed by atoms with Crippen LogP contribution in [-0.4, -0.2) is 52.2 Å². The lowest BCUT2D eigenvalue weighted by Crippen LogP contribution is -2.43. The minimum absolute atomic E-state index is 0.103. The van der Waals surface area contributed by atoms with Gasteiger partial charge in [-0.15, -0.1) is 0 Å². The Morgan fingerprint density at radius 1 is 1.61 bits per heavy atom. The maximum Gasteiger partial charge on any atom is 0.326 e. The van der Waals surface area contributed by atoms with E-state index in [-0.39, 0.29) is 36.3 Å². The smallest absolute Gasteiger partial charge is 0.326 e. The molecule has 1 fully saturated rings. The quantitative estimate of drug-likeness (QED) is 0.590. The molecule has 0 aromatic rings. The summed E-state index contributed by atoms with van der Waals surface area (Å²) in [5.41, 5.74) is 0. The summed E-state index contributed by atoms with van der Waals surface area (Å²) in [6, 6.07) is -0.933. The van der Waals surface area contributed by atoms with Crippen LogP contribution in [0.1, 0.15) is 26.2 Å². The Hall–Kier alpha value is -1.24. The van der Waals surface area contributed by atoms with Gasteiger partial charge in [0.1, 0.15) is 6.04 Å². The van der Waals surface area contributed by atoms with E-state index in [0.717, 1.165) is 0 Å². The van der Waals surface area contributed by atoms with Gasteiger partial charge < -0.3 is 15.3 Å². The van der Waals surface area contributed by atoms with Gasteiger partial charge >= 0.3 is 5.97 Å². The van der Waals surface area contributed by atoms with Crippen molar-refractivity contribution in [2.75, 3.05) is 13.1 Å². The Kier molecular flexibility index (Phi) is 5.46. The van der Waals surface area contributed by atoms with E-state index in [1.165, 1.54) is 4.90 Å². The highest BCUT2D eigenvalue weighted by molar-refractivity contribution is 7.81. The summed E-state index contributed by atoms with van der Waals surface area (Å²) >= 11 is 4.18. The molecule has 18 heavy (non-hydrogen) atoms. The molecule has 0 aromatic heterocycles. The van der Waals surface area contributed by atoms with E-state index in [1.807, 2.05) is 0 Å². The molecule has 0 bridgehead atoms. The molecule has 1 aliphatic rings. The van der Waals surface area contributed by atoms with Gasteiger partial charge in [0, 0.05) is 31.2 Å². The van der Waals surface area contributed by atoms with Crippen molar-refractivity contribution in [3.8, 4) is 0 Å². The fourth-order valence-corrected chi connectivity index (χ4v) is 2.31. The fourth-order valence-electron chi connectivity index (χ4n) is 1.98. The highest BCUT2D eigenvalue weighted by Gasteiger charge is 2.36. The molecular weight excluding hydrogens is 256 g/mol. The summed E-state index contributed by atoms with van der Waals surface area (Å²) in [7, 11) is 0. The van der Waals surface area contributed by atoms with Crippen LogP contribution in [-0.2, 0) is 14.4 Å². The largest absolute Gasteiger partial charge is 0.480 e. The van der Waals surface area contributed by atoms with E-state index >= 15 is 0 Å². The standard InChI is InChI=1S/C11H18N2O4S/c1-2-12-9(14)4-3-8(11(16)17)13-6-7(18)5-10(13)15/h7-8,18H,2-6H2,1H3,(H,12,14)(H,16,17)/t7?,8-/m0/s1. The molecule has 0 saturated carbocycles. The highest BCUT2D eigenvalue weighted by Crippen LogP contribution is 2.21. The van der Waals surface area contributed by atoms with Gasteiger partial charge in [-0.2, -0.15) is 12.6 Å². The van der Waals surface area contributed by atoms with Gasteiger partial charge in [0.15, 0.2) is 0 Å². The van der Waals surface area contributed by atoms with E-state index < -0.39 is 12.0 Å². The molecule has 0 aromatic carbocycles. The second-order valence-corrected chi connectivity index (χ2v) is 4.98. The van der Waals surface area contributed by atoms with Crippen LogP contribution in [0.3, 0.4) is 0 Å². The van der Waals surface area contributed by atoms with E-state index in [2.05, 4.69) is 17.9 Å². The summed E-state index contributed by atoms with van der Waals surface area (Å²) < 4.78 is 0. The highest BCUT2D eigenvalue weighted by atomic mass is 32.1. The number of aliphatic carboxylic acids is 1. The number of rotatable bonds is 6. The predicted octanol–water partition coefficient (Wildman–Crippen LogP) is -0.113. The third kappa shape index (κ3) is 3.90. The van der Waals surface area contributed by atoms with Crippen molar-refractivity contribution >= 4 is 30.4 Å². The SMILES string of the molecule is CCNC(=O)CC[C@@H](C(=O)O)N1CC(S)CC1=O. The zero-order valence-corrected chi connectivity index (χ0v) is 11.2. The van der Waals surface area contributed by atoms with Crippen molar-refractivity contribution in [3.63, 3.8) is 0 Å². The number of amides is 2. The molecular formula is C11H18N2O4S. The average molecular weight is 274 g/mol. The van der Waals surface area contributed by atoms with Crippen LogP contribution in [0.25, 0.3) is 0 Å². The summed E-state index contributed by atoms with van der Waals surface area (Å²) in [6.45, 7) is 2.63. The molecule has 6 nitrogen and oxygen atoms in total. The second kappa shape index (κ2) is 6.63. The van der Waals surface area contributed by atoms with Crippen molar-refractivity contribution in [1.82, 2.24) is 10.2 Å². The molecule has 7 heteroatoms. The molecule has 1 rings (SSSR count). The maximum absolute atomic E-state index is 11.6. The van der Waals surface area contributed by atoms with E-state index in [9.17, 15) is 14.4 Å². The van der Waals surface area contributed by atoms with Crippen LogP contribution < -0.4 is 5.32 Å². The number of likely N-dealkylation sites (tertiary alicyclic amines) is 1. The Balaban J connectivity index is 2.58. The number of carboxylic acids is 1. The summed E-state index contributed by atoms with van der Waals surface area (Å²) in [6.07, 6.45) is 0.493. The molecule has 0 radical (unpaired) electrons. The maximum atomic E-state index is 11.6. The molecule has 0 spiro atoms. The number of carbonyl (C=O) groups is 3. The van der Waals surface area contributed by atoms with Gasteiger partial charge in [-0.1, -0.05) is 0 Å². The van der Waals surface area contributed by atoms with Gasteiger partial charge in [-0.05, 0) is 13.3 Å². The van der Waals surface area contributed by atoms with E-state index in [0.29, 0.717) is 13.1 Å². The number of carboxylic acid groups (broad SMARTS) is 1. The molecule has 102 valence electrons. The van der Waals surface area contributed by atoms with Crippen molar-refractivity contribution < 1.29 is 19.5 Å². The first-order valence-electron chi connectivity index (χ1n) is 5.92. The zero-order valence-electron chi connectivity index (χ0n) is 10.3. The van der Waals surface area contributed by atoms with Crippen LogP contribution >= 0.6 is 12.6 Å². The third-order valence-corrected chi connectivity index (χ3v) is 3.16. The zero-order chi connectivity index (χ0) is 13.7. The number of carbonyl (C=O) groups excluding carboxylic acids is 2. The van der Waals surface area contributed by atoms with E-state index in [4.69, 9.17) is 5.11 Å². The first-order chi connectivity index (χ1) is 8.45. The Morgan fingerprint density at radius 3 is 2.72 bits per heavy atom. The molecule has 2 N–H and O–H groups in total.